The highest BCUT2D eigenvalue weighted by Gasteiger charge is 2.27. The predicted molar refractivity (Wildman–Crippen MR) is 95.9 cm³/mol. The zero-order valence-electron chi connectivity index (χ0n) is 14.4. The molecule has 0 spiro atoms. The van der Waals surface area contributed by atoms with Gasteiger partial charge >= 0.3 is 0 Å². The average molecular weight is 369 g/mol. The van der Waals surface area contributed by atoms with E-state index in [2.05, 4.69) is 15.8 Å². The number of halogens is 2. The molecule has 0 radical (unpaired) electrons. The van der Waals surface area contributed by atoms with E-state index in [0.717, 1.165) is 24.9 Å². The summed E-state index contributed by atoms with van der Waals surface area (Å²) < 4.78 is 29.6. The van der Waals surface area contributed by atoms with Gasteiger partial charge in [-0.3, -0.25) is 9.63 Å². The van der Waals surface area contributed by atoms with Gasteiger partial charge in [0.15, 0.2) is 0 Å². The highest BCUT2D eigenvalue weighted by Crippen LogP contribution is 2.37. The fourth-order valence-corrected chi connectivity index (χ4v) is 4.12. The van der Waals surface area contributed by atoms with E-state index in [1.807, 2.05) is 6.07 Å². The van der Waals surface area contributed by atoms with Gasteiger partial charge in [-0.1, -0.05) is 6.07 Å². The van der Waals surface area contributed by atoms with Crippen LogP contribution in [-0.4, -0.2) is 17.4 Å². The summed E-state index contributed by atoms with van der Waals surface area (Å²) in [6.07, 6.45) is 1.62. The Kier molecular flexibility index (Phi) is 3.73. The summed E-state index contributed by atoms with van der Waals surface area (Å²) in [5, 5.41) is 3.85. The summed E-state index contributed by atoms with van der Waals surface area (Å²) in [4.78, 5) is 20.6. The summed E-state index contributed by atoms with van der Waals surface area (Å²) in [6, 6.07) is 7.68. The van der Waals surface area contributed by atoms with Gasteiger partial charge in [0.25, 0.3) is 5.91 Å². The molecule has 1 saturated heterocycles. The van der Waals surface area contributed by atoms with E-state index in [4.69, 9.17) is 4.84 Å². The second-order valence-electron chi connectivity index (χ2n) is 6.93. The fourth-order valence-electron chi connectivity index (χ4n) is 4.12. The van der Waals surface area contributed by atoms with Crippen molar-refractivity contribution in [3.8, 4) is 11.3 Å². The molecule has 0 unspecified atom stereocenters. The molecule has 0 saturated carbocycles. The minimum Gasteiger partial charge on any atom is -0.354 e. The number of hydrogen-bond acceptors (Lipinski definition) is 3. The van der Waals surface area contributed by atoms with Gasteiger partial charge in [0.05, 0.1) is 11.3 Å². The van der Waals surface area contributed by atoms with Crippen LogP contribution >= 0.6 is 0 Å². The van der Waals surface area contributed by atoms with Crippen molar-refractivity contribution in [3.05, 3.63) is 58.7 Å². The molecule has 2 aromatic carbocycles. The molecule has 5 nitrogen and oxygen atoms in total. The van der Waals surface area contributed by atoms with Crippen LogP contribution in [0.3, 0.4) is 0 Å². The van der Waals surface area contributed by atoms with Gasteiger partial charge in [0, 0.05) is 33.6 Å². The number of rotatable bonds is 2. The van der Waals surface area contributed by atoms with Crippen molar-refractivity contribution in [2.45, 2.75) is 25.5 Å². The SMILES string of the molecule is O=C1NOCc2c(-c3cc(F)c([C@@H]4CCCN4)c(F)c3)[nH]c3cccc1c23. The molecule has 7 heteroatoms. The van der Waals surface area contributed by atoms with Crippen LogP contribution in [0.4, 0.5) is 8.78 Å². The summed E-state index contributed by atoms with van der Waals surface area (Å²) in [7, 11) is 0. The zero-order chi connectivity index (χ0) is 18.5. The summed E-state index contributed by atoms with van der Waals surface area (Å²) in [5.41, 5.74) is 5.30. The number of carbonyl (C=O) groups is 1. The van der Waals surface area contributed by atoms with Crippen molar-refractivity contribution in [1.82, 2.24) is 15.8 Å². The van der Waals surface area contributed by atoms with E-state index in [0.29, 0.717) is 27.8 Å². The molecule has 0 bridgehead atoms. The Bertz CT molecular complexity index is 1050. The molecule has 3 N–H and O–H groups in total. The van der Waals surface area contributed by atoms with Crippen LogP contribution in [0.5, 0.6) is 0 Å². The number of nitrogens with one attached hydrogen (secondary N) is 3. The molecule has 1 amide bonds. The molecule has 2 aliphatic rings. The fraction of sp³-hybridized carbons (Fsp3) is 0.250. The van der Waals surface area contributed by atoms with Gasteiger partial charge in [-0.2, -0.15) is 0 Å². The van der Waals surface area contributed by atoms with Crippen LogP contribution in [0, 0.1) is 11.6 Å². The van der Waals surface area contributed by atoms with E-state index >= 15 is 0 Å². The molecule has 5 rings (SSSR count). The lowest BCUT2D eigenvalue weighted by atomic mass is 9.98. The molecular weight excluding hydrogens is 352 g/mol. The van der Waals surface area contributed by atoms with Gasteiger partial charge in [-0.25, -0.2) is 14.3 Å². The first-order valence-electron chi connectivity index (χ1n) is 8.92. The van der Waals surface area contributed by atoms with Gasteiger partial charge < -0.3 is 10.3 Å². The molecule has 2 aliphatic heterocycles. The lowest BCUT2D eigenvalue weighted by molar-refractivity contribution is 0.0256. The van der Waals surface area contributed by atoms with Gasteiger partial charge in [-0.15, -0.1) is 0 Å². The molecule has 1 aromatic heterocycles. The first-order chi connectivity index (χ1) is 13.1. The van der Waals surface area contributed by atoms with Gasteiger partial charge in [0.2, 0.25) is 0 Å². The van der Waals surface area contributed by atoms with Crippen LogP contribution in [0.1, 0.15) is 40.4 Å². The average Bonchev–Trinajstić information content (AvgIpc) is 3.25. The van der Waals surface area contributed by atoms with Gasteiger partial charge in [-0.05, 0) is 43.7 Å². The lowest BCUT2D eigenvalue weighted by Crippen LogP contribution is -2.21. The second kappa shape index (κ2) is 6.14. The summed E-state index contributed by atoms with van der Waals surface area (Å²) in [5.74, 6) is -1.48. The minimum atomic E-state index is -0.570. The van der Waals surface area contributed by atoms with E-state index in [-0.39, 0.29) is 24.1 Å². The maximum absolute atomic E-state index is 14.8. The van der Waals surface area contributed by atoms with E-state index in [9.17, 15) is 13.6 Å². The van der Waals surface area contributed by atoms with Crippen molar-refractivity contribution in [2.75, 3.05) is 6.54 Å². The number of amides is 1. The topological polar surface area (TPSA) is 66.2 Å². The maximum Gasteiger partial charge on any atom is 0.275 e. The Labute approximate surface area is 153 Å². The summed E-state index contributed by atoms with van der Waals surface area (Å²) >= 11 is 0. The van der Waals surface area contributed by atoms with E-state index in [1.54, 1.807) is 12.1 Å². The Morgan fingerprint density at radius 3 is 2.70 bits per heavy atom. The highest BCUT2D eigenvalue weighted by atomic mass is 19.1. The molecule has 27 heavy (non-hydrogen) atoms. The molecule has 1 atom stereocenters. The second-order valence-corrected chi connectivity index (χ2v) is 6.93. The number of aromatic nitrogens is 1. The van der Waals surface area contributed by atoms with Crippen molar-refractivity contribution >= 4 is 16.8 Å². The molecule has 0 aliphatic carbocycles. The van der Waals surface area contributed by atoms with Crippen molar-refractivity contribution in [1.29, 1.82) is 0 Å². The third-order valence-electron chi connectivity index (χ3n) is 5.33. The molecule has 138 valence electrons. The lowest BCUT2D eigenvalue weighted by Gasteiger charge is -2.14. The third kappa shape index (κ3) is 2.54. The predicted octanol–water partition coefficient (Wildman–Crippen LogP) is 3.71. The van der Waals surface area contributed by atoms with Crippen molar-refractivity contribution in [2.24, 2.45) is 0 Å². The number of hydroxylamine groups is 1. The Morgan fingerprint density at radius 2 is 1.96 bits per heavy atom. The number of carbonyl (C=O) groups excluding carboxylic acids is 1. The Hall–Kier alpha value is -2.77. The van der Waals surface area contributed by atoms with Crippen LogP contribution in [-0.2, 0) is 11.4 Å². The Morgan fingerprint density at radius 1 is 1.15 bits per heavy atom. The number of aromatic amines is 1. The van der Waals surface area contributed by atoms with E-state index in [1.165, 1.54) is 12.1 Å². The quantitative estimate of drug-likeness (QED) is 0.645. The third-order valence-corrected chi connectivity index (χ3v) is 5.33. The Balaban J connectivity index is 1.69. The van der Waals surface area contributed by atoms with Gasteiger partial charge in [0.1, 0.15) is 18.2 Å². The highest BCUT2D eigenvalue weighted by molar-refractivity contribution is 6.09. The van der Waals surface area contributed by atoms with Crippen LogP contribution in [0.15, 0.2) is 30.3 Å². The standard InChI is InChI=1S/C20H17F2N3O2/c21-13-7-10(8-14(22)18(13)15-5-2-6-23-15)19-12-9-27-25-20(26)11-3-1-4-16(24-19)17(11)12/h1,3-4,7-8,15,23-24H,2,5-6,9H2,(H,25,26)/t15-/m0/s1. The molecule has 3 heterocycles. The first-order valence-corrected chi connectivity index (χ1v) is 8.92. The van der Waals surface area contributed by atoms with Crippen LogP contribution in [0.2, 0.25) is 0 Å². The number of hydrogen-bond donors (Lipinski definition) is 3. The zero-order valence-corrected chi connectivity index (χ0v) is 14.4. The minimum absolute atomic E-state index is 0.0898. The van der Waals surface area contributed by atoms with E-state index < -0.39 is 11.6 Å². The molecule has 3 aromatic rings. The number of benzene rings is 2. The van der Waals surface area contributed by atoms with Crippen molar-refractivity contribution < 1.29 is 18.4 Å². The normalized spacial score (nSPS) is 19.3. The molecule has 1 fully saturated rings. The van der Waals surface area contributed by atoms with Crippen molar-refractivity contribution in [3.63, 3.8) is 0 Å². The van der Waals surface area contributed by atoms with Crippen LogP contribution in [0.25, 0.3) is 22.2 Å². The first kappa shape index (κ1) is 16.4. The monoisotopic (exact) mass is 369 g/mol. The molecular formula is C20H17F2N3O2. The smallest absolute Gasteiger partial charge is 0.275 e. The largest absolute Gasteiger partial charge is 0.354 e. The number of H-pyrrole nitrogens is 1. The summed E-state index contributed by atoms with van der Waals surface area (Å²) in [6.45, 7) is 0.867. The van der Waals surface area contributed by atoms with Crippen LogP contribution < -0.4 is 10.8 Å². The maximum atomic E-state index is 14.8.